The molecule has 1 aliphatic heterocycles. The van der Waals surface area contributed by atoms with E-state index in [1.165, 1.54) is 16.8 Å². The van der Waals surface area contributed by atoms with E-state index in [4.69, 9.17) is 4.74 Å². The molecule has 1 fully saturated rings. The third kappa shape index (κ3) is 3.94. The summed E-state index contributed by atoms with van der Waals surface area (Å²) in [5, 5.41) is 10.9. The Morgan fingerprint density at radius 3 is 2.71 bits per heavy atom. The van der Waals surface area contributed by atoms with E-state index in [1.54, 1.807) is 0 Å². The van der Waals surface area contributed by atoms with Crippen molar-refractivity contribution >= 4 is 5.82 Å². The average Bonchev–Trinajstić information content (AvgIpc) is 3.05. The molecule has 0 saturated carbocycles. The fraction of sp³-hybridized carbons (Fsp3) is 0.556. The predicted octanol–water partition coefficient (Wildman–Crippen LogP) is 2.23. The first-order valence-corrected chi connectivity index (χ1v) is 8.56. The molecule has 2 aromatic rings. The standard InChI is InChI=1S/C18H27N5O/c1-18(2,3)16-15(13-21-22-16)12-19-11-14-5-4-6-20-17(14)23-7-9-24-10-8-23/h4-6,13,19H,7-12H2,1-3H3,(H,21,22). The first kappa shape index (κ1) is 16.9. The van der Waals surface area contributed by atoms with Gasteiger partial charge >= 0.3 is 0 Å². The van der Waals surface area contributed by atoms with Gasteiger partial charge in [-0.2, -0.15) is 5.10 Å². The van der Waals surface area contributed by atoms with Crippen LogP contribution in [0.2, 0.25) is 0 Å². The first-order chi connectivity index (χ1) is 11.6. The molecule has 0 amide bonds. The minimum absolute atomic E-state index is 0.0702. The van der Waals surface area contributed by atoms with Crippen molar-refractivity contribution in [3.8, 4) is 0 Å². The van der Waals surface area contributed by atoms with E-state index in [9.17, 15) is 0 Å². The maximum atomic E-state index is 5.44. The molecule has 3 heterocycles. The van der Waals surface area contributed by atoms with Crippen LogP contribution in [0.3, 0.4) is 0 Å². The number of pyridine rings is 1. The number of aromatic nitrogens is 3. The van der Waals surface area contributed by atoms with E-state index >= 15 is 0 Å². The number of ether oxygens (including phenoxy) is 1. The molecule has 1 aliphatic rings. The zero-order valence-electron chi connectivity index (χ0n) is 14.8. The highest BCUT2D eigenvalue weighted by molar-refractivity contribution is 5.47. The van der Waals surface area contributed by atoms with Crippen molar-refractivity contribution in [3.63, 3.8) is 0 Å². The first-order valence-electron chi connectivity index (χ1n) is 8.56. The van der Waals surface area contributed by atoms with Crippen LogP contribution in [0.5, 0.6) is 0 Å². The Kier molecular flexibility index (Phi) is 5.16. The number of morpholine rings is 1. The Hall–Kier alpha value is -1.92. The van der Waals surface area contributed by atoms with E-state index in [0.29, 0.717) is 0 Å². The molecule has 0 unspecified atom stereocenters. The molecule has 0 spiro atoms. The normalized spacial score (nSPS) is 15.7. The minimum Gasteiger partial charge on any atom is -0.378 e. The highest BCUT2D eigenvalue weighted by Crippen LogP contribution is 2.23. The summed E-state index contributed by atoms with van der Waals surface area (Å²) < 4.78 is 5.44. The van der Waals surface area contributed by atoms with Crippen LogP contribution in [0.4, 0.5) is 5.82 Å². The number of hydrogen-bond acceptors (Lipinski definition) is 5. The summed E-state index contributed by atoms with van der Waals surface area (Å²) in [4.78, 5) is 6.89. The molecule has 24 heavy (non-hydrogen) atoms. The van der Waals surface area contributed by atoms with Crippen molar-refractivity contribution < 1.29 is 4.74 Å². The summed E-state index contributed by atoms with van der Waals surface area (Å²) in [6.07, 6.45) is 3.78. The summed E-state index contributed by atoms with van der Waals surface area (Å²) in [6, 6.07) is 4.14. The molecular formula is C18H27N5O. The van der Waals surface area contributed by atoms with E-state index in [2.05, 4.69) is 52.2 Å². The van der Waals surface area contributed by atoms with E-state index in [1.807, 2.05) is 18.5 Å². The van der Waals surface area contributed by atoms with Gasteiger partial charge in [-0.15, -0.1) is 0 Å². The molecule has 3 rings (SSSR count). The number of aromatic amines is 1. The monoisotopic (exact) mass is 329 g/mol. The molecule has 1 saturated heterocycles. The zero-order chi connectivity index (χ0) is 17.0. The van der Waals surface area contributed by atoms with Gasteiger partial charge in [0.2, 0.25) is 0 Å². The molecule has 0 bridgehead atoms. The smallest absolute Gasteiger partial charge is 0.133 e. The number of nitrogens with zero attached hydrogens (tertiary/aromatic N) is 3. The van der Waals surface area contributed by atoms with Gasteiger partial charge < -0.3 is 15.0 Å². The Morgan fingerprint density at radius 2 is 1.96 bits per heavy atom. The number of nitrogens with one attached hydrogen (secondary N) is 2. The highest BCUT2D eigenvalue weighted by atomic mass is 16.5. The summed E-state index contributed by atoms with van der Waals surface area (Å²) in [6.45, 7) is 11.5. The summed E-state index contributed by atoms with van der Waals surface area (Å²) >= 11 is 0. The van der Waals surface area contributed by atoms with Crippen LogP contribution in [-0.4, -0.2) is 41.5 Å². The summed E-state index contributed by atoms with van der Waals surface area (Å²) in [5.41, 5.74) is 3.70. The molecule has 130 valence electrons. The van der Waals surface area contributed by atoms with Crippen LogP contribution >= 0.6 is 0 Å². The number of H-pyrrole nitrogens is 1. The maximum Gasteiger partial charge on any atom is 0.133 e. The summed E-state index contributed by atoms with van der Waals surface area (Å²) in [5.74, 6) is 1.07. The Bertz CT molecular complexity index is 655. The van der Waals surface area contributed by atoms with Crippen molar-refractivity contribution in [1.82, 2.24) is 20.5 Å². The van der Waals surface area contributed by atoms with Crippen LogP contribution in [-0.2, 0) is 23.2 Å². The van der Waals surface area contributed by atoms with Gasteiger partial charge in [0.25, 0.3) is 0 Å². The van der Waals surface area contributed by atoms with Gasteiger partial charge in [-0.3, -0.25) is 5.10 Å². The molecule has 0 aliphatic carbocycles. The Morgan fingerprint density at radius 1 is 1.21 bits per heavy atom. The second-order valence-corrected chi connectivity index (χ2v) is 7.21. The van der Waals surface area contributed by atoms with E-state index < -0.39 is 0 Å². The quantitative estimate of drug-likeness (QED) is 0.880. The fourth-order valence-corrected chi connectivity index (χ4v) is 3.05. The largest absolute Gasteiger partial charge is 0.378 e. The molecule has 2 N–H and O–H groups in total. The van der Waals surface area contributed by atoms with Crippen LogP contribution in [0.25, 0.3) is 0 Å². The van der Waals surface area contributed by atoms with Gasteiger partial charge in [-0.1, -0.05) is 26.8 Å². The van der Waals surface area contributed by atoms with Crippen molar-refractivity contribution in [3.05, 3.63) is 41.3 Å². The SMILES string of the molecule is CC(C)(C)c1[nH]ncc1CNCc1cccnc1N1CCOCC1. The third-order valence-electron chi connectivity index (χ3n) is 4.28. The lowest BCUT2D eigenvalue weighted by Crippen LogP contribution is -2.37. The Labute approximate surface area is 143 Å². The summed E-state index contributed by atoms with van der Waals surface area (Å²) in [7, 11) is 0. The molecule has 6 heteroatoms. The van der Waals surface area contributed by atoms with Gasteiger partial charge in [0, 0.05) is 54.6 Å². The van der Waals surface area contributed by atoms with Crippen molar-refractivity contribution in [2.24, 2.45) is 0 Å². The van der Waals surface area contributed by atoms with Gasteiger partial charge in [0.1, 0.15) is 5.82 Å². The van der Waals surface area contributed by atoms with Crippen molar-refractivity contribution in [1.29, 1.82) is 0 Å². The predicted molar refractivity (Wildman–Crippen MR) is 95.1 cm³/mol. The highest BCUT2D eigenvalue weighted by Gasteiger charge is 2.20. The molecular weight excluding hydrogens is 302 g/mol. The molecule has 6 nitrogen and oxygen atoms in total. The minimum atomic E-state index is 0.0702. The molecule has 2 aromatic heterocycles. The Balaban J connectivity index is 1.64. The number of rotatable bonds is 5. The van der Waals surface area contributed by atoms with Crippen LogP contribution < -0.4 is 10.2 Å². The molecule has 0 radical (unpaired) electrons. The van der Waals surface area contributed by atoms with Crippen molar-refractivity contribution in [2.45, 2.75) is 39.3 Å². The van der Waals surface area contributed by atoms with Gasteiger partial charge in [-0.05, 0) is 6.07 Å². The van der Waals surface area contributed by atoms with Gasteiger partial charge in [0.15, 0.2) is 0 Å². The van der Waals surface area contributed by atoms with Crippen LogP contribution in [0.15, 0.2) is 24.5 Å². The van der Waals surface area contributed by atoms with E-state index in [-0.39, 0.29) is 5.41 Å². The molecule has 0 atom stereocenters. The van der Waals surface area contributed by atoms with Crippen molar-refractivity contribution in [2.75, 3.05) is 31.2 Å². The maximum absolute atomic E-state index is 5.44. The fourth-order valence-electron chi connectivity index (χ4n) is 3.05. The molecule has 0 aromatic carbocycles. The zero-order valence-corrected chi connectivity index (χ0v) is 14.8. The third-order valence-corrected chi connectivity index (χ3v) is 4.28. The second kappa shape index (κ2) is 7.32. The van der Waals surface area contributed by atoms with Gasteiger partial charge in [0.05, 0.1) is 19.4 Å². The van der Waals surface area contributed by atoms with Crippen LogP contribution in [0.1, 0.15) is 37.6 Å². The van der Waals surface area contributed by atoms with Crippen LogP contribution in [0, 0.1) is 0 Å². The average molecular weight is 329 g/mol. The second-order valence-electron chi connectivity index (χ2n) is 7.21. The number of hydrogen-bond donors (Lipinski definition) is 2. The number of anilines is 1. The topological polar surface area (TPSA) is 66.1 Å². The van der Waals surface area contributed by atoms with Gasteiger partial charge in [-0.25, -0.2) is 4.98 Å². The lowest BCUT2D eigenvalue weighted by molar-refractivity contribution is 0.122. The van der Waals surface area contributed by atoms with E-state index in [0.717, 1.165) is 45.2 Å². The lowest BCUT2D eigenvalue weighted by Gasteiger charge is -2.29. The lowest BCUT2D eigenvalue weighted by atomic mass is 9.89.